The zero-order valence-electron chi connectivity index (χ0n) is 11.7. The molecule has 0 aliphatic heterocycles. The SMILES string of the molecule is Cl.NCC(NC(=O)c1ccc([N+](=O)[O-])[nH]1)C1CCCCC1. The van der Waals surface area contributed by atoms with Crippen molar-refractivity contribution in [3.63, 3.8) is 0 Å². The molecule has 0 bridgehead atoms. The van der Waals surface area contributed by atoms with Crippen molar-refractivity contribution < 1.29 is 9.72 Å². The van der Waals surface area contributed by atoms with Crippen molar-refractivity contribution in [3.05, 3.63) is 27.9 Å². The van der Waals surface area contributed by atoms with Gasteiger partial charge < -0.3 is 21.2 Å². The van der Waals surface area contributed by atoms with Crippen LogP contribution < -0.4 is 11.1 Å². The van der Waals surface area contributed by atoms with Crippen LogP contribution in [0.2, 0.25) is 0 Å². The van der Waals surface area contributed by atoms with E-state index < -0.39 is 4.92 Å². The first-order valence-electron chi connectivity index (χ1n) is 6.96. The molecule has 2 rings (SSSR count). The highest BCUT2D eigenvalue weighted by atomic mass is 35.5. The maximum atomic E-state index is 12.1. The van der Waals surface area contributed by atoms with Crippen LogP contribution in [-0.4, -0.2) is 28.4 Å². The van der Waals surface area contributed by atoms with Crippen LogP contribution in [-0.2, 0) is 0 Å². The highest BCUT2D eigenvalue weighted by molar-refractivity contribution is 5.93. The maximum absolute atomic E-state index is 12.1. The Balaban J connectivity index is 0.00000220. The summed E-state index contributed by atoms with van der Waals surface area (Å²) < 4.78 is 0. The van der Waals surface area contributed by atoms with Gasteiger partial charge in [-0.05, 0) is 29.7 Å². The van der Waals surface area contributed by atoms with Gasteiger partial charge in [0, 0.05) is 18.7 Å². The number of carbonyl (C=O) groups is 1. The average Bonchev–Trinajstić information content (AvgIpc) is 2.95. The first-order chi connectivity index (χ1) is 9.61. The Kier molecular flexibility index (Phi) is 6.64. The number of nitrogens with zero attached hydrogens (tertiary/aromatic N) is 1. The predicted octanol–water partition coefficient (Wildman–Crippen LogP) is 1.98. The van der Waals surface area contributed by atoms with Gasteiger partial charge in [-0.3, -0.25) is 4.79 Å². The molecule has 1 unspecified atom stereocenters. The summed E-state index contributed by atoms with van der Waals surface area (Å²) >= 11 is 0. The lowest BCUT2D eigenvalue weighted by molar-refractivity contribution is -0.389. The summed E-state index contributed by atoms with van der Waals surface area (Å²) in [5, 5.41) is 13.5. The second-order valence-electron chi connectivity index (χ2n) is 5.23. The Labute approximate surface area is 129 Å². The van der Waals surface area contributed by atoms with E-state index in [1.807, 2.05) is 0 Å². The number of nitro groups is 1. The van der Waals surface area contributed by atoms with E-state index in [4.69, 9.17) is 5.73 Å². The van der Waals surface area contributed by atoms with Crippen molar-refractivity contribution in [1.29, 1.82) is 0 Å². The summed E-state index contributed by atoms with van der Waals surface area (Å²) in [7, 11) is 0. The molecule has 1 fully saturated rings. The van der Waals surface area contributed by atoms with Crippen molar-refractivity contribution in [3.8, 4) is 0 Å². The zero-order chi connectivity index (χ0) is 14.5. The fourth-order valence-electron chi connectivity index (χ4n) is 2.77. The molecule has 118 valence electrons. The van der Waals surface area contributed by atoms with Crippen molar-refractivity contribution in [2.24, 2.45) is 11.7 Å². The lowest BCUT2D eigenvalue weighted by Crippen LogP contribution is -2.46. The molecule has 0 spiro atoms. The number of halogens is 1. The molecular weight excluding hydrogens is 296 g/mol. The minimum absolute atomic E-state index is 0. The molecule has 0 saturated heterocycles. The second kappa shape index (κ2) is 7.99. The molecule has 1 aliphatic rings. The summed E-state index contributed by atoms with van der Waals surface area (Å²) in [6, 6.07) is 2.64. The molecule has 0 aromatic carbocycles. The number of amides is 1. The second-order valence-corrected chi connectivity index (χ2v) is 5.23. The van der Waals surface area contributed by atoms with E-state index in [0.717, 1.165) is 12.8 Å². The van der Waals surface area contributed by atoms with Crippen molar-refractivity contribution in [1.82, 2.24) is 10.3 Å². The minimum Gasteiger partial charge on any atom is -0.358 e. The molecule has 1 aromatic rings. The number of hydrogen-bond donors (Lipinski definition) is 3. The number of aromatic amines is 1. The van der Waals surface area contributed by atoms with Gasteiger partial charge in [0.15, 0.2) is 5.69 Å². The molecule has 1 aromatic heterocycles. The van der Waals surface area contributed by atoms with Crippen LogP contribution in [0.1, 0.15) is 42.6 Å². The topological polar surface area (TPSA) is 114 Å². The van der Waals surface area contributed by atoms with Crippen LogP contribution in [0.15, 0.2) is 12.1 Å². The van der Waals surface area contributed by atoms with Crippen molar-refractivity contribution in [2.45, 2.75) is 38.1 Å². The molecule has 1 atom stereocenters. The highest BCUT2D eigenvalue weighted by Crippen LogP contribution is 2.26. The van der Waals surface area contributed by atoms with Crippen LogP contribution in [0.5, 0.6) is 0 Å². The quantitative estimate of drug-likeness (QED) is 0.569. The van der Waals surface area contributed by atoms with Gasteiger partial charge in [0.05, 0.1) is 0 Å². The van der Waals surface area contributed by atoms with Gasteiger partial charge in [0.1, 0.15) is 0 Å². The molecular formula is C13H21ClN4O3. The standard InChI is InChI=1S/C13H20N4O3.ClH/c14-8-11(9-4-2-1-3-5-9)16-13(18)10-6-7-12(15-10)17(19)20;/h6-7,9,11,15H,1-5,8,14H2,(H,16,18);1H. The number of rotatable bonds is 5. The lowest BCUT2D eigenvalue weighted by Gasteiger charge is -2.29. The van der Waals surface area contributed by atoms with Crippen molar-refractivity contribution >= 4 is 24.1 Å². The van der Waals surface area contributed by atoms with Gasteiger partial charge in [-0.2, -0.15) is 0 Å². The molecule has 0 radical (unpaired) electrons. The molecule has 1 aliphatic carbocycles. The van der Waals surface area contributed by atoms with E-state index in [0.29, 0.717) is 12.5 Å². The number of H-pyrrole nitrogens is 1. The Morgan fingerprint density at radius 1 is 1.43 bits per heavy atom. The lowest BCUT2D eigenvalue weighted by atomic mass is 9.84. The molecule has 1 amide bonds. The first-order valence-corrected chi connectivity index (χ1v) is 6.96. The Morgan fingerprint density at radius 2 is 2.10 bits per heavy atom. The van der Waals surface area contributed by atoms with E-state index in [9.17, 15) is 14.9 Å². The van der Waals surface area contributed by atoms with Gasteiger partial charge in [-0.15, -0.1) is 12.4 Å². The van der Waals surface area contributed by atoms with Crippen LogP contribution in [0.25, 0.3) is 0 Å². The molecule has 1 saturated carbocycles. The molecule has 21 heavy (non-hydrogen) atoms. The summed E-state index contributed by atoms with van der Waals surface area (Å²) in [6.45, 7) is 0.388. The highest BCUT2D eigenvalue weighted by Gasteiger charge is 2.25. The van der Waals surface area contributed by atoms with Crippen molar-refractivity contribution in [2.75, 3.05) is 6.54 Å². The summed E-state index contributed by atoms with van der Waals surface area (Å²) in [5.41, 5.74) is 5.95. The Hall–Kier alpha value is -1.60. The Morgan fingerprint density at radius 3 is 2.62 bits per heavy atom. The Bertz CT molecular complexity index is 486. The summed E-state index contributed by atoms with van der Waals surface area (Å²) in [5.74, 6) is -0.112. The van der Waals surface area contributed by atoms with Gasteiger partial charge >= 0.3 is 5.82 Å². The summed E-state index contributed by atoms with van der Waals surface area (Å²) in [4.78, 5) is 24.6. The average molecular weight is 317 g/mol. The fraction of sp³-hybridized carbons (Fsp3) is 0.615. The minimum atomic E-state index is -0.557. The van der Waals surface area contributed by atoms with Gasteiger partial charge in [-0.1, -0.05) is 19.3 Å². The monoisotopic (exact) mass is 316 g/mol. The number of nitrogens with one attached hydrogen (secondary N) is 2. The van der Waals surface area contributed by atoms with Gasteiger partial charge in [-0.25, -0.2) is 4.98 Å². The molecule has 7 nitrogen and oxygen atoms in total. The molecule has 8 heteroatoms. The van der Waals surface area contributed by atoms with E-state index in [-0.39, 0.29) is 35.9 Å². The number of hydrogen-bond acceptors (Lipinski definition) is 4. The summed E-state index contributed by atoms with van der Waals surface area (Å²) in [6.07, 6.45) is 5.74. The van der Waals surface area contributed by atoms with E-state index in [2.05, 4.69) is 10.3 Å². The van der Waals surface area contributed by atoms with Crippen LogP contribution in [0, 0.1) is 16.0 Å². The van der Waals surface area contributed by atoms with E-state index in [1.165, 1.54) is 31.4 Å². The molecule has 1 heterocycles. The normalized spacial score (nSPS) is 16.8. The number of aromatic nitrogens is 1. The molecule has 4 N–H and O–H groups in total. The van der Waals surface area contributed by atoms with Crippen LogP contribution in [0.4, 0.5) is 5.82 Å². The third kappa shape index (κ3) is 4.44. The largest absolute Gasteiger partial charge is 0.358 e. The first kappa shape index (κ1) is 17.5. The maximum Gasteiger partial charge on any atom is 0.321 e. The zero-order valence-corrected chi connectivity index (χ0v) is 12.5. The third-order valence-corrected chi connectivity index (χ3v) is 3.90. The fourth-order valence-corrected chi connectivity index (χ4v) is 2.77. The van der Waals surface area contributed by atoms with Gasteiger partial charge in [0.2, 0.25) is 0 Å². The number of nitrogens with two attached hydrogens (primary N) is 1. The predicted molar refractivity (Wildman–Crippen MR) is 81.6 cm³/mol. The van der Waals surface area contributed by atoms with E-state index >= 15 is 0 Å². The van der Waals surface area contributed by atoms with Gasteiger partial charge in [0.25, 0.3) is 5.91 Å². The third-order valence-electron chi connectivity index (χ3n) is 3.90. The van der Waals surface area contributed by atoms with Crippen LogP contribution in [0.3, 0.4) is 0 Å². The number of carbonyl (C=O) groups excluding carboxylic acids is 1. The smallest absolute Gasteiger partial charge is 0.321 e. The van der Waals surface area contributed by atoms with Crippen LogP contribution >= 0.6 is 12.4 Å². The van der Waals surface area contributed by atoms with E-state index in [1.54, 1.807) is 0 Å².